The van der Waals surface area contributed by atoms with Crippen LogP contribution in [0.15, 0.2) is 47.1 Å². The van der Waals surface area contributed by atoms with Crippen molar-refractivity contribution in [1.29, 1.82) is 0 Å². The first-order chi connectivity index (χ1) is 9.19. The molecule has 0 spiro atoms. The maximum Gasteiger partial charge on any atom is 0.141 e. The second kappa shape index (κ2) is 6.78. The van der Waals surface area contributed by atoms with E-state index < -0.39 is 0 Å². The third-order valence-corrected chi connectivity index (χ3v) is 3.51. The number of halogens is 2. The summed E-state index contributed by atoms with van der Waals surface area (Å²) in [6.45, 7) is 2.86. The number of hydrogen-bond donors (Lipinski definition) is 1. The maximum absolute atomic E-state index is 12.9. The van der Waals surface area contributed by atoms with Crippen LogP contribution >= 0.6 is 15.9 Å². The molecule has 0 amide bonds. The molecular formula is C15H16BrFN2. The average Bonchev–Trinajstić information content (AvgIpc) is 2.43. The van der Waals surface area contributed by atoms with Gasteiger partial charge in [0.25, 0.3) is 0 Å². The van der Waals surface area contributed by atoms with Crippen molar-refractivity contribution in [2.75, 3.05) is 0 Å². The van der Waals surface area contributed by atoms with Gasteiger partial charge >= 0.3 is 0 Å². The monoisotopic (exact) mass is 322 g/mol. The highest BCUT2D eigenvalue weighted by atomic mass is 79.9. The largest absolute Gasteiger partial charge is 0.305 e. The van der Waals surface area contributed by atoms with Crippen LogP contribution < -0.4 is 5.32 Å². The van der Waals surface area contributed by atoms with Gasteiger partial charge in [0.05, 0.1) is 11.9 Å². The fourth-order valence-electron chi connectivity index (χ4n) is 1.89. The fraction of sp³-hybridized carbons (Fsp3) is 0.267. The Morgan fingerprint density at radius 2 is 1.95 bits per heavy atom. The minimum atomic E-state index is -0.300. The Balaban J connectivity index is 1.99. The summed E-state index contributed by atoms with van der Waals surface area (Å²) < 4.78 is 13.9. The van der Waals surface area contributed by atoms with E-state index >= 15 is 0 Å². The molecule has 0 aliphatic rings. The van der Waals surface area contributed by atoms with E-state index in [0.717, 1.165) is 23.1 Å². The van der Waals surface area contributed by atoms with Crippen molar-refractivity contribution in [1.82, 2.24) is 10.3 Å². The lowest BCUT2D eigenvalue weighted by atomic mass is 10.1. The van der Waals surface area contributed by atoms with Gasteiger partial charge in [-0.05, 0) is 36.2 Å². The Hall–Kier alpha value is -1.26. The summed E-state index contributed by atoms with van der Waals surface area (Å²) in [7, 11) is 0. The number of nitrogens with one attached hydrogen (secondary N) is 1. The molecule has 2 nitrogen and oxygen atoms in total. The molecule has 0 saturated heterocycles. The number of pyridine rings is 1. The summed E-state index contributed by atoms with van der Waals surface area (Å²) >= 11 is 3.42. The minimum Gasteiger partial charge on any atom is -0.305 e. The molecule has 4 heteroatoms. The van der Waals surface area contributed by atoms with Crippen LogP contribution in [0.2, 0.25) is 0 Å². The maximum atomic E-state index is 12.9. The van der Waals surface area contributed by atoms with Gasteiger partial charge in [0.2, 0.25) is 0 Å². The van der Waals surface area contributed by atoms with Crippen LogP contribution in [0.3, 0.4) is 0 Å². The molecule has 0 saturated carbocycles. The summed E-state index contributed by atoms with van der Waals surface area (Å²) in [6, 6.07) is 11.5. The normalized spacial score (nSPS) is 12.4. The zero-order chi connectivity index (χ0) is 13.7. The molecule has 0 aliphatic carbocycles. The van der Waals surface area contributed by atoms with E-state index in [0.29, 0.717) is 0 Å². The first kappa shape index (κ1) is 14.2. The van der Waals surface area contributed by atoms with Gasteiger partial charge in [-0.2, -0.15) is 0 Å². The molecule has 1 aromatic heterocycles. The smallest absolute Gasteiger partial charge is 0.141 e. The van der Waals surface area contributed by atoms with Crippen LogP contribution in [0.1, 0.15) is 30.6 Å². The zero-order valence-electron chi connectivity index (χ0n) is 10.7. The van der Waals surface area contributed by atoms with Gasteiger partial charge in [0.1, 0.15) is 5.82 Å². The molecule has 1 atom stereocenters. The van der Waals surface area contributed by atoms with Crippen molar-refractivity contribution in [2.24, 2.45) is 0 Å². The third-order valence-electron chi connectivity index (χ3n) is 2.98. The van der Waals surface area contributed by atoms with Crippen molar-refractivity contribution >= 4 is 15.9 Å². The Morgan fingerprint density at radius 1 is 1.21 bits per heavy atom. The van der Waals surface area contributed by atoms with E-state index in [2.05, 4.69) is 45.3 Å². The van der Waals surface area contributed by atoms with Gasteiger partial charge in [-0.15, -0.1) is 0 Å². The summed E-state index contributed by atoms with van der Waals surface area (Å²) in [5.74, 6) is -0.300. The Morgan fingerprint density at radius 3 is 2.53 bits per heavy atom. The lowest BCUT2D eigenvalue weighted by Gasteiger charge is -2.16. The summed E-state index contributed by atoms with van der Waals surface area (Å²) in [4.78, 5) is 4.13. The van der Waals surface area contributed by atoms with Gasteiger partial charge in [0, 0.05) is 17.1 Å². The predicted octanol–water partition coefficient (Wildman–Crippen LogP) is 4.22. The SMILES string of the molecule is CCC(NCc1ccc(Br)cc1)c1ccc(F)cn1. The Labute approximate surface area is 121 Å². The second-order valence-electron chi connectivity index (χ2n) is 4.37. The van der Waals surface area contributed by atoms with Crippen LogP contribution in [0, 0.1) is 5.82 Å². The summed E-state index contributed by atoms with van der Waals surface area (Å²) in [5, 5.41) is 3.44. The van der Waals surface area contributed by atoms with E-state index in [4.69, 9.17) is 0 Å². The van der Waals surface area contributed by atoms with Crippen LogP contribution in [-0.2, 0) is 6.54 Å². The Bertz CT molecular complexity index is 511. The first-order valence-electron chi connectivity index (χ1n) is 6.28. The molecule has 0 radical (unpaired) electrons. The van der Waals surface area contributed by atoms with Gasteiger partial charge in [-0.1, -0.05) is 35.0 Å². The van der Waals surface area contributed by atoms with E-state index in [1.54, 1.807) is 6.07 Å². The molecule has 1 heterocycles. The van der Waals surface area contributed by atoms with Gasteiger partial charge in [-0.25, -0.2) is 4.39 Å². The lowest BCUT2D eigenvalue weighted by Crippen LogP contribution is -2.21. The molecule has 1 unspecified atom stereocenters. The molecule has 2 rings (SSSR count). The number of aromatic nitrogens is 1. The van der Waals surface area contributed by atoms with Gasteiger partial charge < -0.3 is 5.32 Å². The summed E-state index contributed by atoms with van der Waals surface area (Å²) in [6.07, 6.45) is 2.18. The van der Waals surface area contributed by atoms with Crippen molar-refractivity contribution in [3.8, 4) is 0 Å². The second-order valence-corrected chi connectivity index (χ2v) is 5.29. The standard InChI is InChI=1S/C15H16BrFN2/c1-2-14(15-8-7-13(17)10-19-15)18-9-11-3-5-12(16)6-4-11/h3-8,10,14,18H,2,9H2,1H3. The van der Waals surface area contributed by atoms with Crippen molar-refractivity contribution in [2.45, 2.75) is 25.9 Å². The van der Waals surface area contributed by atoms with E-state index in [1.807, 2.05) is 12.1 Å². The number of nitrogens with zero attached hydrogens (tertiary/aromatic N) is 1. The molecule has 0 aliphatic heterocycles. The highest BCUT2D eigenvalue weighted by Gasteiger charge is 2.10. The minimum absolute atomic E-state index is 0.143. The topological polar surface area (TPSA) is 24.9 Å². The van der Waals surface area contributed by atoms with Crippen LogP contribution in [-0.4, -0.2) is 4.98 Å². The molecule has 0 bridgehead atoms. The van der Waals surface area contributed by atoms with Crippen LogP contribution in [0.25, 0.3) is 0 Å². The highest BCUT2D eigenvalue weighted by molar-refractivity contribution is 9.10. The van der Waals surface area contributed by atoms with Crippen molar-refractivity contribution < 1.29 is 4.39 Å². The Kier molecular flexibility index (Phi) is 5.05. The van der Waals surface area contributed by atoms with Gasteiger partial charge in [-0.3, -0.25) is 4.98 Å². The average molecular weight is 323 g/mol. The van der Waals surface area contributed by atoms with Crippen LogP contribution in [0.5, 0.6) is 0 Å². The quantitative estimate of drug-likeness (QED) is 0.891. The zero-order valence-corrected chi connectivity index (χ0v) is 12.3. The van der Waals surface area contributed by atoms with Crippen molar-refractivity contribution in [3.63, 3.8) is 0 Å². The fourth-order valence-corrected chi connectivity index (χ4v) is 2.16. The number of hydrogen-bond acceptors (Lipinski definition) is 2. The molecule has 2 aromatic rings. The molecular weight excluding hydrogens is 307 g/mol. The number of benzene rings is 1. The van der Waals surface area contributed by atoms with Crippen LogP contribution in [0.4, 0.5) is 4.39 Å². The highest BCUT2D eigenvalue weighted by Crippen LogP contribution is 2.16. The molecule has 1 aromatic carbocycles. The van der Waals surface area contributed by atoms with Crippen molar-refractivity contribution in [3.05, 3.63) is 64.1 Å². The first-order valence-corrected chi connectivity index (χ1v) is 7.07. The third kappa shape index (κ3) is 4.11. The number of rotatable bonds is 5. The van der Waals surface area contributed by atoms with E-state index in [1.165, 1.54) is 17.8 Å². The van der Waals surface area contributed by atoms with E-state index in [9.17, 15) is 4.39 Å². The molecule has 1 N–H and O–H groups in total. The lowest BCUT2D eigenvalue weighted by molar-refractivity contribution is 0.504. The molecule has 100 valence electrons. The molecule has 19 heavy (non-hydrogen) atoms. The van der Waals surface area contributed by atoms with E-state index in [-0.39, 0.29) is 11.9 Å². The van der Waals surface area contributed by atoms with Gasteiger partial charge in [0.15, 0.2) is 0 Å². The predicted molar refractivity (Wildman–Crippen MR) is 78.2 cm³/mol. The molecule has 0 fully saturated rings. The summed E-state index contributed by atoms with van der Waals surface area (Å²) in [5.41, 5.74) is 2.09.